The molecule has 6 bridgehead atoms. The summed E-state index contributed by atoms with van der Waals surface area (Å²) in [5.41, 5.74) is 9.27. The van der Waals surface area contributed by atoms with Gasteiger partial charge in [-0.3, -0.25) is 34.1 Å². The van der Waals surface area contributed by atoms with E-state index in [9.17, 15) is 24.0 Å². The number of cyclic esters (lactones) is 1. The van der Waals surface area contributed by atoms with Crippen molar-refractivity contribution in [2.75, 3.05) is 61.0 Å². The van der Waals surface area contributed by atoms with Gasteiger partial charge in [0.15, 0.2) is 0 Å². The van der Waals surface area contributed by atoms with Crippen LogP contribution in [-0.4, -0.2) is 160 Å². The molecule has 2 N–H and O–H groups in total. The number of pyridine rings is 1. The average molecular weight is 993 g/mol. The Morgan fingerprint density at radius 2 is 1.85 bits per heavy atom. The number of esters is 1. The molecule has 3 aromatic heterocycles. The van der Waals surface area contributed by atoms with E-state index in [1.807, 2.05) is 38.3 Å². The summed E-state index contributed by atoms with van der Waals surface area (Å²) in [6.07, 6.45) is 8.93. The number of nitrogens with zero attached hydrogens (tertiary/aromatic N) is 8. The van der Waals surface area contributed by atoms with Crippen LogP contribution in [0.4, 0.5) is 4.79 Å². The fraction of sp³-hybridized carbons (Fsp3) is 0.566. The Labute approximate surface area is 421 Å². The van der Waals surface area contributed by atoms with Gasteiger partial charge in [-0.25, -0.2) is 15.2 Å². The van der Waals surface area contributed by atoms with Crippen LogP contribution in [0.1, 0.15) is 89.6 Å². The Hall–Kier alpha value is -5.69. The van der Waals surface area contributed by atoms with Gasteiger partial charge in [0, 0.05) is 105 Å². The average Bonchev–Trinajstić information content (AvgIpc) is 4.07. The lowest BCUT2D eigenvalue weighted by Gasteiger charge is -2.45. The third-order valence-electron chi connectivity index (χ3n) is 14.8. The number of aryl methyl sites for hydroxylation is 1. The number of urea groups is 1. The van der Waals surface area contributed by atoms with E-state index >= 15 is 0 Å². The highest BCUT2D eigenvalue weighted by atomic mass is 32.1. The number of methoxy groups -OCH3 is 1. The zero-order chi connectivity index (χ0) is 50.9. The molecule has 18 heteroatoms. The van der Waals surface area contributed by atoms with E-state index < -0.39 is 41.3 Å². The second-order valence-electron chi connectivity index (χ2n) is 20.9. The summed E-state index contributed by atoms with van der Waals surface area (Å²) in [4.78, 5) is 87.2. The van der Waals surface area contributed by atoms with Gasteiger partial charge >= 0.3 is 12.0 Å². The minimum absolute atomic E-state index is 0.0713. The summed E-state index contributed by atoms with van der Waals surface area (Å²) >= 11 is 1.41. The zero-order valence-electron chi connectivity index (χ0n) is 43.1. The van der Waals surface area contributed by atoms with Gasteiger partial charge in [-0.2, -0.15) is 0 Å². The lowest BCUT2D eigenvalue weighted by molar-refractivity contribution is -0.155. The van der Waals surface area contributed by atoms with E-state index in [2.05, 4.69) is 72.3 Å². The molecule has 5 atom stereocenters. The Bertz CT molecular complexity index is 2660. The largest absolute Gasteiger partial charge is 0.464 e. The van der Waals surface area contributed by atoms with Crippen molar-refractivity contribution in [2.24, 2.45) is 11.3 Å². The third kappa shape index (κ3) is 10.9. The van der Waals surface area contributed by atoms with Crippen molar-refractivity contribution in [3.63, 3.8) is 0 Å². The van der Waals surface area contributed by atoms with Crippen molar-refractivity contribution < 1.29 is 33.4 Å². The first-order chi connectivity index (χ1) is 33.9. The summed E-state index contributed by atoms with van der Waals surface area (Å²) in [5, 5.41) is 8.13. The summed E-state index contributed by atoms with van der Waals surface area (Å²) in [6.45, 7) is 15.0. The number of likely N-dealkylation sites (tertiary alicyclic amines) is 2. The Balaban J connectivity index is 1.08. The summed E-state index contributed by atoms with van der Waals surface area (Å²) in [6, 6.07) is 7.27. The second kappa shape index (κ2) is 21.6. The number of rotatable bonds is 11. The van der Waals surface area contributed by atoms with Gasteiger partial charge in [0.2, 0.25) is 11.8 Å². The Morgan fingerprint density at radius 3 is 2.55 bits per heavy atom. The third-order valence-corrected chi connectivity index (χ3v) is 15.7. The van der Waals surface area contributed by atoms with Crippen LogP contribution in [0.2, 0.25) is 0 Å². The lowest BCUT2D eigenvalue weighted by Crippen LogP contribution is -2.65. The number of nitrogens with one attached hydrogen (secondary N) is 2. The van der Waals surface area contributed by atoms with E-state index in [1.165, 1.54) is 21.2 Å². The normalized spacial score (nSPS) is 22.0. The number of hydrogen-bond donors (Lipinski definition) is 2. The van der Waals surface area contributed by atoms with Crippen LogP contribution in [0, 0.1) is 11.3 Å². The Kier molecular flexibility index (Phi) is 15.7. The summed E-state index contributed by atoms with van der Waals surface area (Å²) in [7, 11) is 7.04. The highest BCUT2D eigenvalue weighted by molar-refractivity contribution is 7.10. The van der Waals surface area contributed by atoms with Crippen LogP contribution >= 0.6 is 11.3 Å². The standard InChI is InChI=1S/C53H72N10O7S/c1-11-62-43-20-18-34-25-38(43)39(48(62)37-16-12-22-54-46(37)33(4)69-10)27-53(5,6)31-70-51(67)40-17-14-24-63(57-40)50(66)41(26-44-55-42(34)30-71-44)56-49(65)47(32(2)3)60(9)52(68)59(8)36-28-61(29-36)45(64)21-19-35-15-13-23-58(35)7/h12,16,18-22,25,30,32-33,35-36,40-41,47,57H,11,13-15,17,23-24,26-29,31H2,1-10H3,(H,56,65)/b21-19+/t33-,35-,40-,41-,47-/m0/s1. The van der Waals surface area contributed by atoms with E-state index in [0.29, 0.717) is 50.4 Å². The topological polar surface area (TPSA) is 175 Å². The van der Waals surface area contributed by atoms with Crippen molar-refractivity contribution in [1.29, 1.82) is 0 Å². The molecule has 4 aromatic rings. The predicted molar refractivity (Wildman–Crippen MR) is 274 cm³/mol. The maximum absolute atomic E-state index is 14.7. The van der Waals surface area contributed by atoms with Crippen LogP contribution in [0.5, 0.6) is 0 Å². The van der Waals surface area contributed by atoms with E-state index in [-0.39, 0.29) is 49.1 Å². The van der Waals surface area contributed by atoms with Gasteiger partial charge in [0.05, 0.1) is 40.8 Å². The number of aromatic nitrogens is 3. The van der Waals surface area contributed by atoms with Crippen LogP contribution in [-0.2, 0) is 48.0 Å². The molecule has 4 aliphatic rings. The quantitative estimate of drug-likeness (QED) is 0.132. The first kappa shape index (κ1) is 51.7. The molecule has 1 aromatic carbocycles. The fourth-order valence-corrected chi connectivity index (χ4v) is 11.5. The van der Waals surface area contributed by atoms with Gasteiger partial charge in [0.1, 0.15) is 18.1 Å². The van der Waals surface area contributed by atoms with Gasteiger partial charge in [-0.15, -0.1) is 11.3 Å². The van der Waals surface area contributed by atoms with E-state index in [1.54, 1.807) is 43.3 Å². The van der Waals surface area contributed by atoms with Crippen LogP contribution < -0.4 is 10.7 Å². The molecule has 4 aliphatic heterocycles. The first-order valence-electron chi connectivity index (χ1n) is 25.2. The van der Waals surface area contributed by atoms with Gasteiger partial charge in [0.25, 0.3) is 5.91 Å². The number of ether oxygens (including phenoxy) is 2. The molecule has 7 heterocycles. The van der Waals surface area contributed by atoms with Crippen molar-refractivity contribution in [1.82, 2.24) is 49.9 Å². The molecule has 0 spiro atoms. The number of fused-ring (bicyclic) bond motifs is 6. The maximum atomic E-state index is 14.7. The number of carbonyl (C=O) groups is 5. The smallest absolute Gasteiger partial charge is 0.324 e. The molecule has 3 saturated heterocycles. The molecule has 0 aliphatic carbocycles. The van der Waals surface area contributed by atoms with E-state index in [0.717, 1.165) is 64.1 Å². The van der Waals surface area contributed by atoms with Crippen LogP contribution in [0.25, 0.3) is 33.4 Å². The molecule has 0 radical (unpaired) electrons. The number of hydrogen-bond acceptors (Lipinski definition) is 12. The van der Waals surface area contributed by atoms with Crippen LogP contribution in [0.3, 0.4) is 0 Å². The van der Waals surface area contributed by atoms with Crippen molar-refractivity contribution in [2.45, 2.75) is 123 Å². The molecule has 0 unspecified atom stereocenters. The number of hydrazine groups is 1. The molecule has 8 rings (SSSR count). The van der Waals surface area contributed by atoms with Gasteiger partial charge < -0.3 is 34.1 Å². The van der Waals surface area contributed by atoms with Gasteiger partial charge in [-0.05, 0) is 95.3 Å². The highest BCUT2D eigenvalue weighted by Gasteiger charge is 2.41. The number of carbonyl (C=O) groups excluding carboxylic acids is 5. The second-order valence-corrected chi connectivity index (χ2v) is 21.9. The molecule has 5 amide bonds. The first-order valence-corrected chi connectivity index (χ1v) is 26.1. The van der Waals surface area contributed by atoms with Crippen molar-refractivity contribution in [3.8, 4) is 22.5 Å². The lowest BCUT2D eigenvalue weighted by atomic mass is 9.84. The SMILES string of the molecule is CCn1c(-c2cccnc2[C@H](C)OC)c2c3cc(ccc31)-c1csc(n1)C[C@H](NC(=O)[C@H](C(C)C)N(C)C(=O)N(C)C1CN(C(=O)/C=C/[C@@H]3CCCN3C)C1)C(=O)N1CCC[C@H](N1)C(=O)OCC(C)(C)C2. The number of likely N-dealkylation sites (N-methyl/N-ethyl adjacent to an activating group) is 3. The van der Waals surface area contributed by atoms with Gasteiger partial charge in [-0.1, -0.05) is 39.8 Å². The molecular weight excluding hydrogens is 921 g/mol. The monoisotopic (exact) mass is 993 g/mol. The maximum Gasteiger partial charge on any atom is 0.324 e. The molecule has 17 nitrogen and oxygen atoms in total. The number of amides is 5. The van der Waals surface area contributed by atoms with Crippen molar-refractivity contribution >= 4 is 52.0 Å². The fourth-order valence-electron chi connectivity index (χ4n) is 10.6. The number of thiazole rings is 1. The molecule has 382 valence electrons. The summed E-state index contributed by atoms with van der Waals surface area (Å²) < 4.78 is 14.3. The number of benzene rings is 1. The molecule has 3 fully saturated rings. The molecule has 0 saturated carbocycles. The minimum Gasteiger partial charge on any atom is -0.464 e. The van der Waals surface area contributed by atoms with Crippen LogP contribution in [0.15, 0.2) is 54.1 Å². The highest BCUT2D eigenvalue weighted by Crippen LogP contribution is 2.42. The van der Waals surface area contributed by atoms with E-state index in [4.69, 9.17) is 19.4 Å². The molecule has 71 heavy (non-hydrogen) atoms. The predicted octanol–water partition coefficient (Wildman–Crippen LogP) is 6.07. The Morgan fingerprint density at radius 1 is 1.08 bits per heavy atom. The summed E-state index contributed by atoms with van der Waals surface area (Å²) in [5.74, 6) is -1.78. The zero-order valence-corrected chi connectivity index (χ0v) is 43.9. The van der Waals surface area contributed by atoms with Crippen molar-refractivity contribution in [3.05, 3.63) is 70.3 Å². The minimum atomic E-state index is -1.09. The molecular formula is C53H72N10O7S.